The summed E-state index contributed by atoms with van der Waals surface area (Å²) in [6, 6.07) is 7.81. The molecule has 5 heteroatoms. The van der Waals surface area contributed by atoms with E-state index in [9.17, 15) is 4.79 Å². The number of rotatable bonds is 10. The number of carbonyl (C=O) groups is 1. The van der Waals surface area contributed by atoms with E-state index in [-0.39, 0.29) is 5.91 Å². The molecule has 0 aliphatic carbocycles. The molecule has 0 saturated heterocycles. The maximum Gasteiger partial charge on any atom is 0.220 e. The van der Waals surface area contributed by atoms with E-state index in [1.165, 1.54) is 0 Å². The summed E-state index contributed by atoms with van der Waals surface area (Å²) in [4.78, 5) is 13.7. The van der Waals surface area contributed by atoms with Crippen molar-refractivity contribution >= 4 is 17.5 Å². The van der Waals surface area contributed by atoms with Gasteiger partial charge in [-0.2, -0.15) is 0 Å². The van der Waals surface area contributed by atoms with Crippen LogP contribution < -0.4 is 10.1 Å². The number of carbonyl (C=O) groups excluding carboxylic acids is 1. The minimum Gasteiger partial charge on any atom is -0.493 e. The number of halogens is 1. The van der Waals surface area contributed by atoms with Crippen LogP contribution in [0.2, 0.25) is 0 Å². The standard InChI is InChI=1S/C16H25ClN2O2/c1-19(2)11-6-12-21-15-8-4-3-7-14(15)13-18-16(20)9-5-10-17/h3-4,7-8H,5-6,9-13H2,1-2H3,(H,18,20). The van der Waals surface area contributed by atoms with Gasteiger partial charge in [-0.25, -0.2) is 0 Å². The van der Waals surface area contributed by atoms with E-state index in [2.05, 4.69) is 10.2 Å². The van der Waals surface area contributed by atoms with Gasteiger partial charge in [0.2, 0.25) is 5.91 Å². The number of alkyl halides is 1. The molecule has 0 saturated carbocycles. The Balaban J connectivity index is 2.41. The molecule has 0 heterocycles. The third kappa shape index (κ3) is 7.93. The van der Waals surface area contributed by atoms with Gasteiger partial charge in [-0.1, -0.05) is 18.2 Å². The summed E-state index contributed by atoms with van der Waals surface area (Å²) in [6.45, 7) is 2.16. The maximum absolute atomic E-state index is 11.6. The Bertz CT molecular complexity index is 424. The second-order valence-electron chi connectivity index (χ2n) is 5.18. The first-order valence-electron chi connectivity index (χ1n) is 7.31. The average Bonchev–Trinajstić information content (AvgIpc) is 2.48. The van der Waals surface area contributed by atoms with Crippen LogP contribution in [0, 0.1) is 0 Å². The molecule has 0 atom stereocenters. The Hall–Kier alpha value is -1.26. The third-order valence-corrected chi connectivity index (χ3v) is 3.26. The van der Waals surface area contributed by atoms with Crippen molar-refractivity contribution < 1.29 is 9.53 Å². The molecule has 0 bridgehead atoms. The fraction of sp³-hybridized carbons (Fsp3) is 0.562. The van der Waals surface area contributed by atoms with E-state index in [1.807, 2.05) is 38.4 Å². The summed E-state index contributed by atoms with van der Waals surface area (Å²) in [6.07, 6.45) is 2.15. The number of ether oxygens (including phenoxy) is 1. The summed E-state index contributed by atoms with van der Waals surface area (Å²) < 4.78 is 5.80. The Labute approximate surface area is 132 Å². The topological polar surface area (TPSA) is 41.6 Å². The lowest BCUT2D eigenvalue weighted by atomic mass is 10.2. The lowest BCUT2D eigenvalue weighted by molar-refractivity contribution is -0.121. The smallest absolute Gasteiger partial charge is 0.220 e. The fourth-order valence-corrected chi connectivity index (χ4v) is 2.00. The van der Waals surface area contributed by atoms with Gasteiger partial charge >= 0.3 is 0 Å². The molecule has 0 spiro atoms. The molecule has 0 aliphatic heterocycles. The third-order valence-electron chi connectivity index (χ3n) is 2.99. The molecule has 0 radical (unpaired) electrons. The largest absolute Gasteiger partial charge is 0.493 e. The molecule has 1 aromatic carbocycles. The lowest BCUT2D eigenvalue weighted by Crippen LogP contribution is -2.23. The van der Waals surface area contributed by atoms with Crippen LogP contribution in [0.4, 0.5) is 0 Å². The Kier molecular flexibility index (Phi) is 8.87. The quantitative estimate of drug-likeness (QED) is 0.533. The van der Waals surface area contributed by atoms with Crippen molar-refractivity contribution in [2.45, 2.75) is 25.8 Å². The average molecular weight is 313 g/mol. The lowest BCUT2D eigenvalue weighted by Gasteiger charge is -2.13. The molecular formula is C16H25ClN2O2. The number of para-hydroxylation sites is 1. The molecule has 0 fully saturated rings. The molecule has 0 aromatic heterocycles. The zero-order valence-corrected chi connectivity index (χ0v) is 13.7. The fourth-order valence-electron chi connectivity index (χ4n) is 1.86. The predicted molar refractivity (Wildman–Crippen MR) is 86.9 cm³/mol. The highest BCUT2D eigenvalue weighted by molar-refractivity contribution is 6.17. The first kappa shape index (κ1) is 17.8. The van der Waals surface area contributed by atoms with Crippen LogP contribution in [0.25, 0.3) is 0 Å². The summed E-state index contributed by atoms with van der Waals surface area (Å²) in [7, 11) is 4.09. The summed E-state index contributed by atoms with van der Waals surface area (Å²) >= 11 is 5.58. The molecule has 0 aliphatic rings. The van der Waals surface area contributed by atoms with E-state index in [4.69, 9.17) is 16.3 Å². The van der Waals surface area contributed by atoms with Crippen LogP contribution >= 0.6 is 11.6 Å². The van der Waals surface area contributed by atoms with Crippen molar-refractivity contribution in [2.75, 3.05) is 33.1 Å². The number of benzene rings is 1. The van der Waals surface area contributed by atoms with Gasteiger partial charge in [0.25, 0.3) is 0 Å². The van der Waals surface area contributed by atoms with Gasteiger partial charge in [-0.15, -0.1) is 11.6 Å². The van der Waals surface area contributed by atoms with Gasteiger partial charge in [0.05, 0.1) is 6.61 Å². The van der Waals surface area contributed by atoms with Gasteiger partial charge in [0.1, 0.15) is 5.75 Å². The first-order chi connectivity index (χ1) is 10.1. The summed E-state index contributed by atoms with van der Waals surface area (Å²) in [5.74, 6) is 1.38. The van der Waals surface area contributed by atoms with Crippen LogP contribution in [-0.4, -0.2) is 43.9 Å². The van der Waals surface area contributed by atoms with Crippen molar-refractivity contribution in [3.8, 4) is 5.75 Å². The normalized spacial score (nSPS) is 10.7. The predicted octanol–water partition coefficient (Wildman–Crippen LogP) is 2.65. The van der Waals surface area contributed by atoms with Crippen LogP contribution in [0.5, 0.6) is 5.75 Å². The molecule has 1 amide bonds. The highest BCUT2D eigenvalue weighted by Gasteiger charge is 2.05. The van der Waals surface area contributed by atoms with Gasteiger partial charge in [-0.3, -0.25) is 4.79 Å². The van der Waals surface area contributed by atoms with Gasteiger partial charge in [0.15, 0.2) is 0 Å². The Morgan fingerprint density at radius 2 is 2.05 bits per heavy atom. The zero-order chi connectivity index (χ0) is 15.5. The highest BCUT2D eigenvalue weighted by atomic mass is 35.5. The number of nitrogens with zero attached hydrogens (tertiary/aromatic N) is 1. The number of hydrogen-bond donors (Lipinski definition) is 1. The van der Waals surface area contributed by atoms with Crippen molar-refractivity contribution in [3.63, 3.8) is 0 Å². The zero-order valence-electron chi connectivity index (χ0n) is 12.9. The van der Waals surface area contributed by atoms with Gasteiger partial charge < -0.3 is 15.0 Å². The minimum atomic E-state index is 0.0260. The minimum absolute atomic E-state index is 0.0260. The molecule has 21 heavy (non-hydrogen) atoms. The number of amides is 1. The maximum atomic E-state index is 11.6. The molecule has 118 valence electrons. The van der Waals surface area contributed by atoms with E-state index in [0.717, 1.165) is 24.3 Å². The van der Waals surface area contributed by atoms with E-state index < -0.39 is 0 Å². The molecule has 1 N–H and O–H groups in total. The van der Waals surface area contributed by atoms with Crippen molar-refractivity contribution in [1.29, 1.82) is 0 Å². The molecule has 0 unspecified atom stereocenters. The SMILES string of the molecule is CN(C)CCCOc1ccccc1CNC(=O)CCCCl. The van der Waals surface area contributed by atoms with Crippen molar-refractivity contribution in [1.82, 2.24) is 10.2 Å². The molecule has 4 nitrogen and oxygen atoms in total. The van der Waals surface area contributed by atoms with E-state index in [1.54, 1.807) is 0 Å². The van der Waals surface area contributed by atoms with E-state index >= 15 is 0 Å². The second kappa shape index (κ2) is 10.5. The Morgan fingerprint density at radius 3 is 2.76 bits per heavy atom. The summed E-state index contributed by atoms with van der Waals surface area (Å²) in [5.41, 5.74) is 1.00. The first-order valence-corrected chi connectivity index (χ1v) is 7.85. The monoisotopic (exact) mass is 312 g/mol. The number of nitrogens with one attached hydrogen (secondary N) is 1. The highest BCUT2D eigenvalue weighted by Crippen LogP contribution is 2.18. The molecule has 1 rings (SSSR count). The Morgan fingerprint density at radius 1 is 1.29 bits per heavy atom. The van der Waals surface area contributed by atoms with Crippen LogP contribution in [0.3, 0.4) is 0 Å². The van der Waals surface area contributed by atoms with E-state index in [0.29, 0.717) is 31.9 Å². The molecular weight excluding hydrogens is 288 g/mol. The summed E-state index contributed by atoms with van der Waals surface area (Å²) in [5, 5.41) is 2.90. The second-order valence-corrected chi connectivity index (χ2v) is 5.56. The van der Waals surface area contributed by atoms with Crippen LogP contribution in [0.1, 0.15) is 24.8 Å². The van der Waals surface area contributed by atoms with Gasteiger partial charge in [-0.05, 0) is 33.0 Å². The van der Waals surface area contributed by atoms with Crippen molar-refractivity contribution in [2.24, 2.45) is 0 Å². The van der Waals surface area contributed by atoms with Crippen LogP contribution in [0.15, 0.2) is 24.3 Å². The van der Waals surface area contributed by atoms with Gasteiger partial charge in [0, 0.05) is 31.0 Å². The van der Waals surface area contributed by atoms with Crippen LogP contribution in [-0.2, 0) is 11.3 Å². The molecule has 1 aromatic rings. The number of hydrogen-bond acceptors (Lipinski definition) is 3. The van der Waals surface area contributed by atoms with Crippen molar-refractivity contribution in [3.05, 3.63) is 29.8 Å².